The van der Waals surface area contributed by atoms with Crippen LogP contribution in [0.15, 0.2) is 73.1 Å². The maximum Gasteiger partial charge on any atom is 0.253 e. The molecule has 1 fully saturated rings. The molecule has 3 aromatic rings. The molecule has 1 saturated heterocycles. The molecule has 0 unspecified atom stereocenters. The Morgan fingerprint density at radius 1 is 0.946 bits per heavy atom. The van der Waals surface area contributed by atoms with E-state index in [9.17, 15) is 14.4 Å². The summed E-state index contributed by atoms with van der Waals surface area (Å²) in [6.07, 6.45) is 5.51. The standard InChI is InChI=1S/C29H30N4O4/c34-27-11-12-31-29(36)26(14-20-6-2-1-3-7-20)32-28(35)23-15-22(17-30-18-23)21-8-4-10-25(16-21)37-19-24-9-5-13-33(24)27/h1-4,6-8,10,15-18,24,26H,5,9,11-14,19H2,(H,31,36)(H,32,35)/t24-,26-/m0/s1. The largest absolute Gasteiger partial charge is 0.491 e. The molecule has 3 amide bonds. The first kappa shape index (κ1) is 24.5. The normalized spacial score (nSPS) is 20.6. The molecule has 3 heterocycles. The quantitative estimate of drug-likeness (QED) is 0.566. The van der Waals surface area contributed by atoms with Crippen molar-refractivity contribution >= 4 is 17.7 Å². The summed E-state index contributed by atoms with van der Waals surface area (Å²) in [5, 5.41) is 5.72. The van der Waals surface area contributed by atoms with Crippen molar-refractivity contribution in [3.8, 4) is 16.9 Å². The minimum atomic E-state index is -0.802. The highest BCUT2D eigenvalue weighted by Crippen LogP contribution is 2.26. The predicted octanol–water partition coefficient (Wildman–Crippen LogP) is 2.98. The maximum absolute atomic E-state index is 13.2. The van der Waals surface area contributed by atoms with Crippen molar-refractivity contribution in [3.05, 3.63) is 84.2 Å². The zero-order chi connectivity index (χ0) is 25.6. The fourth-order valence-corrected chi connectivity index (χ4v) is 4.88. The smallest absolute Gasteiger partial charge is 0.253 e. The van der Waals surface area contributed by atoms with Gasteiger partial charge in [-0.25, -0.2) is 0 Å². The molecule has 0 radical (unpaired) electrons. The molecule has 5 rings (SSSR count). The monoisotopic (exact) mass is 498 g/mol. The van der Waals surface area contributed by atoms with E-state index in [0.29, 0.717) is 30.9 Å². The van der Waals surface area contributed by atoms with E-state index >= 15 is 0 Å². The summed E-state index contributed by atoms with van der Waals surface area (Å²) in [5.41, 5.74) is 2.90. The summed E-state index contributed by atoms with van der Waals surface area (Å²) < 4.78 is 6.07. The number of nitrogens with zero attached hydrogens (tertiary/aromatic N) is 2. The summed E-state index contributed by atoms with van der Waals surface area (Å²) in [6.45, 7) is 1.29. The molecule has 190 valence electrons. The first-order chi connectivity index (χ1) is 18.1. The SMILES string of the molecule is O=C1N[C@@H](Cc2ccccc2)C(=O)NCCC(=O)N2CCC[C@H]2COc2cccc(c2)-c2cncc1c2. The molecule has 1 aromatic heterocycles. The van der Waals surface area contributed by atoms with Gasteiger partial charge in [-0.3, -0.25) is 19.4 Å². The van der Waals surface area contributed by atoms with Gasteiger partial charge in [0.15, 0.2) is 0 Å². The van der Waals surface area contributed by atoms with Crippen molar-refractivity contribution in [1.29, 1.82) is 0 Å². The third-order valence-electron chi connectivity index (χ3n) is 6.85. The lowest BCUT2D eigenvalue weighted by atomic mass is 10.0. The fraction of sp³-hybridized carbons (Fsp3) is 0.310. The van der Waals surface area contributed by atoms with Gasteiger partial charge in [0.05, 0.1) is 11.6 Å². The molecule has 37 heavy (non-hydrogen) atoms. The summed E-state index contributed by atoms with van der Waals surface area (Å²) in [6, 6.07) is 18.1. The Balaban J connectivity index is 1.45. The van der Waals surface area contributed by atoms with Crippen LogP contribution in [0.2, 0.25) is 0 Å². The van der Waals surface area contributed by atoms with Crippen LogP contribution in [-0.2, 0) is 16.0 Å². The lowest BCUT2D eigenvalue weighted by Gasteiger charge is -2.25. The van der Waals surface area contributed by atoms with Crippen LogP contribution in [0, 0.1) is 0 Å². The van der Waals surface area contributed by atoms with Crippen LogP contribution in [0.3, 0.4) is 0 Å². The average molecular weight is 499 g/mol. The van der Waals surface area contributed by atoms with Crippen LogP contribution in [0.4, 0.5) is 0 Å². The number of aromatic nitrogens is 1. The molecular formula is C29H30N4O4. The first-order valence-corrected chi connectivity index (χ1v) is 12.7. The number of rotatable bonds is 2. The second-order valence-corrected chi connectivity index (χ2v) is 9.44. The van der Waals surface area contributed by atoms with Gasteiger partial charge >= 0.3 is 0 Å². The number of ether oxygens (including phenoxy) is 1. The number of carbonyl (C=O) groups is 3. The number of carbonyl (C=O) groups excluding carboxylic acids is 3. The zero-order valence-corrected chi connectivity index (χ0v) is 20.6. The van der Waals surface area contributed by atoms with Crippen LogP contribution >= 0.6 is 0 Å². The van der Waals surface area contributed by atoms with E-state index in [-0.39, 0.29) is 30.8 Å². The molecule has 0 aliphatic carbocycles. The van der Waals surface area contributed by atoms with E-state index in [2.05, 4.69) is 15.6 Å². The number of benzene rings is 2. The van der Waals surface area contributed by atoms with Crippen molar-refractivity contribution < 1.29 is 19.1 Å². The highest BCUT2D eigenvalue weighted by atomic mass is 16.5. The van der Waals surface area contributed by atoms with Gasteiger partial charge in [0.1, 0.15) is 18.4 Å². The topological polar surface area (TPSA) is 101 Å². The predicted molar refractivity (Wildman–Crippen MR) is 139 cm³/mol. The number of amides is 3. The summed E-state index contributed by atoms with van der Waals surface area (Å²) >= 11 is 0. The number of hydrogen-bond acceptors (Lipinski definition) is 5. The van der Waals surface area contributed by atoms with Crippen LogP contribution in [-0.4, -0.2) is 59.4 Å². The van der Waals surface area contributed by atoms with Gasteiger partial charge in [-0.2, -0.15) is 0 Å². The van der Waals surface area contributed by atoms with Gasteiger partial charge < -0.3 is 20.3 Å². The molecular weight excluding hydrogens is 468 g/mol. The van der Waals surface area contributed by atoms with Gasteiger partial charge in [-0.1, -0.05) is 42.5 Å². The van der Waals surface area contributed by atoms with E-state index in [1.807, 2.05) is 59.5 Å². The van der Waals surface area contributed by atoms with Crippen LogP contribution in [0.1, 0.15) is 35.2 Å². The van der Waals surface area contributed by atoms with Crippen molar-refractivity contribution in [2.75, 3.05) is 19.7 Å². The Morgan fingerprint density at radius 2 is 1.78 bits per heavy atom. The molecule has 4 bridgehead atoms. The molecule has 0 saturated carbocycles. The van der Waals surface area contributed by atoms with Crippen molar-refractivity contribution in [1.82, 2.24) is 20.5 Å². The lowest BCUT2D eigenvalue weighted by molar-refractivity contribution is -0.132. The Labute approximate surface area is 216 Å². The van der Waals surface area contributed by atoms with Gasteiger partial charge in [-0.05, 0) is 42.2 Å². The Morgan fingerprint density at radius 3 is 2.65 bits per heavy atom. The van der Waals surface area contributed by atoms with E-state index in [1.165, 1.54) is 6.20 Å². The van der Waals surface area contributed by atoms with Crippen molar-refractivity contribution in [2.45, 2.75) is 37.8 Å². The van der Waals surface area contributed by atoms with Gasteiger partial charge in [0.2, 0.25) is 11.8 Å². The minimum Gasteiger partial charge on any atom is -0.491 e. The highest BCUT2D eigenvalue weighted by molar-refractivity contribution is 5.98. The molecule has 2 aromatic carbocycles. The van der Waals surface area contributed by atoms with E-state index in [1.54, 1.807) is 12.3 Å². The zero-order valence-electron chi connectivity index (χ0n) is 20.6. The van der Waals surface area contributed by atoms with Crippen molar-refractivity contribution in [2.24, 2.45) is 0 Å². The minimum absolute atomic E-state index is 0.000790. The molecule has 2 aliphatic heterocycles. The Bertz CT molecular complexity index is 1280. The molecule has 8 nitrogen and oxygen atoms in total. The molecule has 8 heteroatoms. The third-order valence-corrected chi connectivity index (χ3v) is 6.85. The number of pyridine rings is 1. The van der Waals surface area contributed by atoms with Crippen LogP contribution in [0.25, 0.3) is 11.1 Å². The Hall–Kier alpha value is -4.20. The molecule has 0 spiro atoms. The third kappa shape index (κ3) is 5.97. The average Bonchev–Trinajstić information content (AvgIpc) is 3.40. The summed E-state index contributed by atoms with van der Waals surface area (Å²) in [4.78, 5) is 45.4. The highest BCUT2D eigenvalue weighted by Gasteiger charge is 2.29. The van der Waals surface area contributed by atoms with E-state index < -0.39 is 11.9 Å². The van der Waals surface area contributed by atoms with Gasteiger partial charge in [-0.15, -0.1) is 0 Å². The fourth-order valence-electron chi connectivity index (χ4n) is 4.88. The van der Waals surface area contributed by atoms with Crippen LogP contribution < -0.4 is 15.4 Å². The maximum atomic E-state index is 13.2. The number of hydrogen-bond donors (Lipinski definition) is 2. The van der Waals surface area contributed by atoms with Gasteiger partial charge in [0.25, 0.3) is 5.91 Å². The summed E-state index contributed by atoms with van der Waals surface area (Å²) in [7, 11) is 0. The van der Waals surface area contributed by atoms with Crippen molar-refractivity contribution in [3.63, 3.8) is 0 Å². The Kier molecular flexibility index (Phi) is 7.44. The van der Waals surface area contributed by atoms with E-state index in [0.717, 1.165) is 29.5 Å². The molecule has 2 atom stereocenters. The molecule has 2 N–H and O–H groups in total. The molecule has 2 aliphatic rings. The lowest BCUT2D eigenvalue weighted by Crippen LogP contribution is -2.49. The number of fused-ring (bicyclic) bond motifs is 6. The summed E-state index contributed by atoms with van der Waals surface area (Å²) in [5.74, 6) is -0.0342. The first-order valence-electron chi connectivity index (χ1n) is 12.7. The van der Waals surface area contributed by atoms with Gasteiger partial charge in [0, 0.05) is 43.9 Å². The second kappa shape index (κ2) is 11.2. The second-order valence-electron chi connectivity index (χ2n) is 9.44. The van der Waals surface area contributed by atoms with Crippen LogP contribution in [0.5, 0.6) is 5.75 Å². The number of nitrogens with one attached hydrogen (secondary N) is 2. The van der Waals surface area contributed by atoms with E-state index in [4.69, 9.17) is 4.74 Å².